The van der Waals surface area contributed by atoms with E-state index in [0.717, 1.165) is 18.5 Å². The second-order valence-electron chi connectivity index (χ2n) is 5.97. The second-order valence-corrected chi connectivity index (χ2v) is 7.00. The molecule has 0 saturated carbocycles. The van der Waals surface area contributed by atoms with Gasteiger partial charge in [-0.3, -0.25) is 0 Å². The predicted octanol–water partition coefficient (Wildman–Crippen LogP) is 4.83. The van der Waals surface area contributed by atoms with Crippen molar-refractivity contribution < 1.29 is 27.1 Å². The summed E-state index contributed by atoms with van der Waals surface area (Å²) in [4.78, 5) is 0. The van der Waals surface area contributed by atoms with E-state index >= 15 is 0 Å². The average molecular weight is 362 g/mol. The van der Waals surface area contributed by atoms with E-state index in [2.05, 4.69) is 0 Å². The van der Waals surface area contributed by atoms with Crippen molar-refractivity contribution in [3.8, 4) is 0 Å². The summed E-state index contributed by atoms with van der Waals surface area (Å²) in [5.41, 5.74) is 0.0810. The van der Waals surface area contributed by atoms with Crippen molar-refractivity contribution in [3.05, 3.63) is 35.4 Å². The quantitative estimate of drug-likeness (QED) is 0.339. The number of aryl methyl sites for hydroxylation is 1. The van der Waals surface area contributed by atoms with Crippen LogP contribution in [0.15, 0.2) is 24.3 Å². The Morgan fingerprint density at radius 2 is 1.67 bits per heavy atom. The molecular formula is C17H25F3O3Si. The first-order valence-corrected chi connectivity index (χ1v) is 9.15. The van der Waals surface area contributed by atoms with E-state index in [1.54, 1.807) is 6.07 Å². The van der Waals surface area contributed by atoms with Crippen molar-refractivity contribution in [2.75, 3.05) is 0 Å². The molecule has 0 heterocycles. The summed E-state index contributed by atoms with van der Waals surface area (Å²) in [6.45, 7) is 6.90. The molecule has 0 aromatic heterocycles. The molecule has 0 fully saturated rings. The SMILES string of the molecule is CC(C)OC(O[Si]CCCc1cccc(C(F)(F)F)c1)OC(C)C. The summed E-state index contributed by atoms with van der Waals surface area (Å²) in [5.74, 6) is 0. The third kappa shape index (κ3) is 8.82. The second kappa shape index (κ2) is 10.2. The number of ether oxygens (including phenoxy) is 2. The first-order chi connectivity index (χ1) is 11.2. The number of halogens is 3. The van der Waals surface area contributed by atoms with Gasteiger partial charge in [-0.25, -0.2) is 0 Å². The molecule has 1 rings (SSSR count). The Hall–Kier alpha value is -0.893. The van der Waals surface area contributed by atoms with E-state index < -0.39 is 18.2 Å². The van der Waals surface area contributed by atoms with Gasteiger partial charge in [-0.15, -0.1) is 0 Å². The molecule has 0 unspecified atom stereocenters. The van der Waals surface area contributed by atoms with Gasteiger partial charge in [-0.05, 0) is 58.2 Å². The molecule has 1 aromatic carbocycles. The van der Waals surface area contributed by atoms with Gasteiger partial charge >= 0.3 is 6.18 Å². The zero-order valence-corrected chi connectivity index (χ0v) is 15.5. The zero-order chi connectivity index (χ0) is 18.2. The van der Waals surface area contributed by atoms with E-state index in [0.29, 0.717) is 12.0 Å². The van der Waals surface area contributed by atoms with Gasteiger partial charge in [0.1, 0.15) is 0 Å². The maximum absolute atomic E-state index is 12.7. The lowest BCUT2D eigenvalue weighted by Crippen LogP contribution is -2.28. The maximum atomic E-state index is 12.7. The molecule has 2 radical (unpaired) electrons. The van der Waals surface area contributed by atoms with Crippen LogP contribution in [0.3, 0.4) is 0 Å². The Morgan fingerprint density at radius 3 is 2.21 bits per heavy atom. The normalized spacial score (nSPS) is 12.6. The van der Waals surface area contributed by atoms with Crippen LogP contribution in [0.1, 0.15) is 45.2 Å². The minimum absolute atomic E-state index is 0.0105. The van der Waals surface area contributed by atoms with E-state index in [1.807, 2.05) is 27.7 Å². The highest BCUT2D eigenvalue weighted by Gasteiger charge is 2.30. The topological polar surface area (TPSA) is 27.7 Å². The fraction of sp³-hybridized carbons (Fsp3) is 0.647. The minimum Gasteiger partial charge on any atom is -0.372 e. The first kappa shape index (κ1) is 21.2. The third-order valence-corrected chi connectivity index (χ3v) is 3.86. The molecule has 3 nitrogen and oxygen atoms in total. The van der Waals surface area contributed by atoms with Crippen molar-refractivity contribution in [1.29, 1.82) is 0 Å². The highest BCUT2D eigenvalue weighted by molar-refractivity contribution is 6.27. The van der Waals surface area contributed by atoms with Gasteiger partial charge in [0, 0.05) is 0 Å². The fourth-order valence-corrected chi connectivity index (χ4v) is 2.61. The number of alkyl halides is 3. The third-order valence-electron chi connectivity index (χ3n) is 2.94. The average Bonchev–Trinajstić information content (AvgIpc) is 2.45. The van der Waals surface area contributed by atoms with Crippen LogP contribution < -0.4 is 0 Å². The molecule has 0 bridgehead atoms. The molecule has 0 amide bonds. The molecule has 0 aliphatic carbocycles. The Kier molecular flexibility index (Phi) is 8.97. The standard InChI is InChI=1S/C17H25F3O3Si/c1-12(2)21-16(22-13(3)4)23-24-10-6-8-14-7-5-9-15(11-14)17(18,19)20/h5,7,9,11-13,16H,6,8,10H2,1-4H3. The van der Waals surface area contributed by atoms with Crippen LogP contribution in [0.5, 0.6) is 0 Å². The van der Waals surface area contributed by atoms with Crippen LogP contribution in [0.2, 0.25) is 6.04 Å². The summed E-state index contributed by atoms with van der Waals surface area (Å²) in [5, 5.41) is 0. The summed E-state index contributed by atoms with van der Waals surface area (Å²) in [6.07, 6.45) is -2.99. The summed E-state index contributed by atoms with van der Waals surface area (Å²) >= 11 is 0. The molecule has 0 aliphatic rings. The largest absolute Gasteiger partial charge is 0.416 e. The van der Waals surface area contributed by atoms with Crippen LogP contribution in [0.4, 0.5) is 13.2 Å². The van der Waals surface area contributed by atoms with Gasteiger partial charge in [0.05, 0.1) is 17.8 Å². The van der Waals surface area contributed by atoms with E-state index in [9.17, 15) is 13.2 Å². The highest BCUT2D eigenvalue weighted by atomic mass is 28.2. The van der Waals surface area contributed by atoms with Gasteiger partial charge in [0.25, 0.3) is 6.48 Å². The van der Waals surface area contributed by atoms with Crippen molar-refractivity contribution >= 4 is 9.76 Å². The van der Waals surface area contributed by atoms with Crippen LogP contribution in [0.25, 0.3) is 0 Å². The molecule has 0 N–H and O–H groups in total. The molecule has 0 aliphatic heterocycles. The molecular weight excluding hydrogens is 337 g/mol. The molecule has 24 heavy (non-hydrogen) atoms. The number of hydrogen-bond acceptors (Lipinski definition) is 3. The van der Waals surface area contributed by atoms with Gasteiger partial charge < -0.3 is 13.9 Å². The Balaban J connectivity index is 2.34. The fourth-order valence-electron chi connectivity index (χ4n) is 1.93. The molecule has 1 aromatic rings. The van der Waals surface area contributed by atoms with Crippen LogP contribution in [-0.4, -0.2) is 28.4 Å². The predicted molar refractivity (Wildman–Crippen MR) is 87.6 cm³/mol. The summed E-state index contributed by atoms with van der Waals surface area (Å²) in [6, 6.07) is 6.20. The number of rotatable bonds is 10. The van der Waals surface area contributed by atoms with Crippen molar-refractivity contribution in [2.45, 2.75) is 71.4 Å². The molecule has 136 valence electrons. The van der Waals surface area contributed by atoms with Gasteiger partial charge in [0.15, 0.2) is 0 Å². The lowest BCUT2D eigenvalue weighted by atomic mass is 10.1. The molecule has 0 spiro atoms. The van der Waals surface area contributed by atoms with E-state index in [-0.39, 0.29) is 22.0 Å². The van der Waals surface area contributed by atoms with E-state index in [1.165, 1.54) is 12.1 Å². The van der Waals surface area contributed by atoms with Crippen molar-refractivity contribution in [1.82, 2.24) is 0 Å². The maximum Gasteiger partial charge on any atom is 0.416 e. The van der Waals surface area contributed by atoms with Crippen LogP contribution in [-0.2, 0) is 26.5 Å². The van der Waals surface area contributed by atoms with E-state index in [4.69, 9.17) is 13.9 Å². The lowest BCUT2D eigenvalue weighted by Gasteiger charge is -2.22. The van der Waals surface area contributed by atoms with Gasteiger partial charge in [-0.1, -0.05) is 18.2 Å². The zero-order valence-electron chi connectivity index (χ0n) is 14.5. The Morgan fingerprint density at radius 1 is 1.04 bits per heavy atom. The summed E-state index contributed by atoms with van der Waals surface area (Å²) in [7, 11) is 0.177. The Labute approximate surface area is 144 Å². The monoisotopic (exact) mass is 362 g/mol. The van der Waals surface area contributed by atoms with Crippen molar-refractivity contribution in [3.63, 3.8) is 0 Å². The number of hydrogen-bond donors (Lipinski definition) is 0. The number of benzene rings is 1. The summed E-state index contributed by atoms with van der Waals surface area (Å²) < 4.78 is 54.6. The minimum atomic E-state index is -4.30. The molecule has 0 saturated heterocycles. The first-order valence-electron chi connectivity index (χ1n) is 8.04. The van der Waals surface area contributed by atoms with Crippen LogP contribution in [0, 0.1) is 0 Å². The highest BCUT2D eigenvalue weighted by Crippen LogP contribution is 2.29. The molecule has 7 heteroatoms. The lowest BCUT2D eigenvalue weighted by molar-refractivity contribution is -0.275. The smallest absolute Gasteiger partial charge is 0.372 e. The van der Waals surface area contributed by atoms with Gasteiger partial charge in [0.2, 0.25) is 9.76 Å². The van der Waals surface area contributed by atoms with Crippen molar-refractivity contribution in [2.24, 2.45) is 0 Å². The Bertz CT molecular complexity index is 468. The molecule has 0 atom stereocenters. The van der Waals surface area contributed by atoms with Gasteiger partial charge in [-0.2, -0.15) is 13.2 Å². The van der Waals surface area contributed by atoms with Crippen LogP contribution >= 0.6 is 0 Å².